The van der Waals surface area contributed by atoms with Gasteiger partial charge in [0.05, 0.1) is 11.4 Å². The van der Waals surface area contributed by atoms with Gasteiger partial charge < -0.3 is 5.32 Å². The Balaban J connectivity index is 1.42. The van der Waals surface area contributed by atoms with Crippen molar-refractivity contribution < 1.29 is 13.2 Å². The van der Waals surface area contributed by atoms with E-state index >= 15 is 0 Å². The van der Waals surface area contributed by atoms with E-state index in [4.69, 9.17) is 0 Å². The maximum atomic E-state index is 12.7. The van der Waals surface area contributed by atoms with E-state index in [1.165, 1.54) is 23.5 Å². The van der Waals surface area contributed by atoms with E-state index < -0.39 is 10.0 Å². The number of amides is 1. The van der Waals surface area contributed by atoms with Gasteiger partial charge in [-0.25, -0.2) is 13.1 Å². The van der Waals surface area contributed by atoms with Crippen molar-refractivity contribution in [3.8, 4) is 0 Å². The van der Waals surface area contributed by atoms with Crippen molar-refractivity contribution in [1.82, 2.24) is 19.8 Å². The zero-order valence-electron chi connectivity index (χ0n) is 17.1. The Bertz CT molecular complexity index is 1280. The smallest absolute Gasteiger partial charge is 0.251 e. The summed E-state index contributed by atoms with van der Waals surface area (Å²) in [6.07, 6.45) is 3.61. The van der Waals surface area contributed by atoms with Gasteiger partial charge in [0.15, 0.2) is 0 Å². The molecule has 9 heteroatoms. The van der Waals surface area contributed by atoms with Gasteiger partial charge in [-0.3, -0.25) is 9.48 Å². The summed E-state index contributed by atoms with van der Waals surface area (Å²) in [5, 5.41) is 9.00. The Hall–Kier alpha value is -3.27. The van der Waals surface area contributed by atoms with Crippen LogP contribution >= 0.6 is 11.3 Å². The van der Waals surface area contributed by atoms with E-state index in [1.807, 2.05) is 58.7 Å². The molecule has 0 aliphatic heterocycles. The molecular weight excluding hydrogens is 444 g/mol. The largest absolute Gasteiger partial charge is 0.348 e. The fourth-order valence-electron chi connectivity index (χ4n) is 3.20. The van der Waals surface area contributed by atoms with Crippen LogP contribution in [0.2, 0.25) is 0 Å². The first-order valence-corrected chi connectivity index (χ1v) is 12.3. The third kappa shape index (κ3) is 5.50. The second-order valence-electron chi connectivity index (χ2n) is 7.09. The van der Waals surface area contributed by atoms with Crippen LogP contribution in [0.15, 0.2) is 89.4 Å². The van der Waals surface area contributed by atoms with Crippen LogP contribution in [0.5, 0.6) is 0 Å². The van der Waals surface area contributed by atoms with Gasteiger partial charge in [-0.2, -0.15) is 5.10 Å². The number of carbonyl (C=O) groups excluding carboxylic acids is 1. The summed E-state index contributed by atoms with van der Waals surface area (Å²) < 4.78 is 29.7. The Morgan fingerprint density at radius 2 is 1.81 bits per heavy atom. The molecule has 32 heavy (non-hydrogen) atoms. The molecule has 7 nitrogen and oxygen atoms in total. The molecule has 2 aromatic carbocycles. The monoisotopic (exact) mass is 466 g/mol. The summed E-state index contributed by atoms with van der Waals surface area (Å²) in [6, 6.07) is 19.4. The summed E-state index contributed by atoms with van der Waals surface area (Å²) in [6.45, 7) is 1.13. The van der Waals surface area contributed by atoms with Crippen LogP contribution in [-0.2, 0) is 29.7 Å². The highest BCUT2D eigenvalue weighted by Crippen LogP contribution is 2.15. The van der Waals surface area contributed by atoms with E-state index in [-0.39, 0.29) is 22.9 Å². The van der Waals surface area contributed by atoms with Crippen LogP contribution in [0.25, 0.3) is 0 Å². The van der Waals surface area contributed by atoms with Crippen molar-refractivity contribution in [2.75, 3.05) is 0 Å². The van der Waals surface area contributed by atoms with Crippen molar-refractivity contribution in [3.63, 3.8) is 0 Å². The van der Waals surface area contributed by atoms with Gasteiger partial charge in [-0.05, 0) is 46.8 Å². The lowest BCUT2D eigenvalue weighted by atomic mass is 10.1. The lowest BCUT2D eigenvalue weighted by molar-refractivity contribution is 0.0950. The van der Waals surface area contributed by atoms with Gasteiger partial charge in [-0.1, -0.05) is 36.4 Å². The molecule has 0 bridgehead atoms. The Morgan fingerprint density at radius 3 is 2.56 bits per heavy atom. The minimum Gasteiger partial charge on any atom is -0.348 e. The first-order valence-electron chi connectivity index (χ1n) is 9.96. The normalized spacial score (nSPS) is 11.4. The van der Waals surface area contributed by atoms with Crippen molar-refractivity contribution in [3.05, 3.63) is 106 Å². The highest BCUT2D eigenvalue weighted by molar-refractivity contribution is 7.89. The van der Waals surface area contributed by atoms with Gasteiger partial charge in [-0.15, -0.1) is 11.3 Å². The maximum absolute atomic E-state index is 12.7. The van der Waals surface area contributed by atoms with Crippen molar-refractivity contribution in [1.29, 1.82) is 0 Å². The highest BCUT2D eigenvalue weighted by atomic mass is 32.2. The average Bonchev–Trinajstić information content (AvgIpc) is 3.51. The third-order valence-corrected chi connectivity index (χ3v) is 7.15. The van der Waals surface area contributed by atoms with Crippen molar-refractivity contribution >= 4 is 27.3 Å². The molecule has 0 fully saturated rings. The number of carbonyl (C=O) groups is 1. The standard InChI is InChI=1S/C23H22N4O3S2/c28-23(24-15-19-6-1-2-7-20(19)17-27-12-5-11-25-27)18-8-3-10-22(14-18)32(29,30)26-16-21-9-4-13-31-21/h1-14,26H,15-17H2,(H,24,28). The molecule has 0 unspecified atom stereocenters. The SMILES string of the molecule is O=C(NCc1ccccc1Cn1cccn1)c1cccc(S(=O)(=O)NCc2cccs2)c1. The molecule has 0 atom stereocenters. The fraction of sp³-hybridized carbons (Fsp3) is 0.130. The molecule has 4 rings (SSSR count). The fourth-order valence-corrected chi connectivity index (χ4v) is 4.99. The quantitative estimate of drug-likeness (QED) is 0.395. The highest BCUT2D eigenvalue weighted by Gasteiger charge is 2.16. The van der Waals surface area contributed by atoms with Crippen LogP contribution in [0, 0.1) is 0 Å². The molecule has 4 aromatic rings. The predicted molar refractivity (Wildman–Crippen MR) is 124 cm³/mol. The molecular formula is C23H22N4O3S2. The number of rotatable bonds is 9. The van der Waals surface area contributed by atoms with Crippen molar-refractivity contribution in [2.45, 2.75) is 24.5 Å². The molecule has 0 saturated carbocycles. The van der Waals surface area contributed by atoms with Crippen LogP contribution in [0.3, 0.4) is 0 Å². The topological polar surface area (TPSA) is 93.1 Å². The van der Waals surface area contributed by atoms with Gasteiger partial charge in [0.25, 0.3) is 5.91 Å². The molecule has 1 amide bonds. The van der Waals surface area contributed by atoms with Crippen LogP contribution in [0.1, 0.15) is 26.4 Å². The second kappa shape index (κ2) is 9.90. The zero-order chi connectivity index (χ0) is 22.4. The lowest BCUT2D eigenvalue weighted by Gasteiger charge is -2.12. The summed E-state index contributed by atoms with van der Waals surface area (Å²) in [7, 11) is -3.73. The second-order valence-corrected chi connectivity index (χ2v) is 9.89. The number of hydrogen-bond donors (Lipinski definition) is 2. The van der Waals surface area contributed by atoms with Crippen LogP contribution in [0.4, 0.5) is 0 Å². The molecule has 164 valence electrons. The van der Waals surface area contributed by atoms with Crippen LogP contribution < -0.4 is 10.0 Å². The Labute approximate surface area is 190 Å². The van der Waals surface area contributed by atoms with E-state index in [0.717, 1.165) is 16.0 Å². The zero-order valence-corrected chi connectivity index (χ0v) is 18.8. The first kappa shape index (κ1) is 21.9. The van der Waals surface area contributed by atoms with Gasteiger partial charge >= 0.3 is 0 Å². The summed E-state index contributed by atoms with van der Waals surface area (Å²) in [5.41, 5.74) is 2.30. The molecule has 2 N–H and O–H groups in total. The summed E-state index contributed by atoms with van der Waals surface area (Å²) >= 11 is 1.48. The number of sulfonamides is 1. The Morgan fingerprint density at radius 1 is 0.969 bits per heavy atom. The van der Waals surface area contributed by atoms with E-state index in [2.05, 4.69) is 15.1 Å². The lowest BCUT2D eigenvalue weighted by Crippen LogP contribution is -2.25. The van der Waals surface area contributed by atoms with Crippen molar-refractivity contribution in [2.24, 2.45) is 0 Å². The van der Waals surface area contributed by atoms with Crippen LogP contribution in [-0.4, -0.2) is 24.1 Å². The summed E-state index contributed by atoms with van der Waals surface area (Å²) in [4.78, 5) is 13.7. The minimum absolute atomic E-state index is 0.0563. The predicted octanol–water partition coefficient (Wildman–Crippen LogP) is 3.40. The molecule has 2 aromatic heterocycles. The van der Waals surface area contributed by atoms with Gasteiger partial charge in [0.1, 0.15) is 0 Å². The number of nitrogens with zero attached hydrogens (tertiary/aromatic N) is 2. The van der Waals surface area contributed by atoms with E-state index in [9.17, 15) is 13.2 Å². The van der Waals surface area contributed by atoms with E-state index in [0.29, 0.717) is 13.1 Å². The van der Waals surface area contributed by atoms with Gasteiger partial charge in [0.2, 0.25) is 10.0 Å². The maximum Gasteiger partial charge on any atom is 0.251 e. The molecule has 0 aliphatic rings. The van der Waals surface area contributed by atoms with Gasteiger partial charge in [0, 0.05) is 35.9 Å². The number of hydrogen-bond acceptors (Lipinski definition) is 5. The molecule has 0 spiro atoms. The third-order valence-electron chi connectivity index (χ3n) is 4.87. The summed E-state index contributed by atoms with van der Waals surface area (Å²) in [5.74, 6) is -0.339. The minimum atomic E-state index is -3.73. The molecule has 2 heterocycles. The first-order chi connectivity index (χ1) is 15.5. The molecule has 0 saturated heterocycles. The number of aromatic nitrogens is 2. The molecule has 0 radical (unpaired) electrons. The number of nitrogens with one attached hydrogen (secondary N) is 2. The average molecular weight is 467 g/mol. The van der Waals surface area contributed by atoms with E-state index in [1.54, 1.807) is 18.3 Å². The number of thiophene rings is 1. The number of benzene rings is 2. The molecule has 0 aliphatic carbocycles. The Kier molecular flexibility index (Phi) is 6.79.